The third-order valence-corrected chi connectivity index (χ3v) is 4.22. The molecule has 0 amide bonds. The molecule has 1 saturated carbocycles. The lowest BCUT2D eigenvalue weighted by molar-refractivity contribution is 0.166. The highest BCUT2D eigenvalue weighted by Gasteiger charge is 2.31. The van der Waals surface area contributed by atoms with Crippen LogP contribution in [0.3, 0.4) is 0 Å². The first-order chi connectivity index (χ1) is 9.24. The predicted molar refractivity (Wildman–Crippen MR) is 75.6 cm³/mol. The smallest absolute Gasteiger partial charge is 0.165 e. The standard InChI is InChI=1S/C14H27N5/c1-4-9-15-10-14-16-17-18-19(14)13-8-6-5-7-12(13)11(2)3/h11-13,15H,4-10H2,1-3H3. The van der Waals surface area contributed by atoms with Crippen LogP contribution in [0.4, 0.5) is 0 Å². The number of aromatic nitrogens is 4. The fraction of sp³-hybridized carbons (Fsp3) is 0.929. The lowest BCUT2D eigenvalue weighted by atomic mass is 9.78. The number of tetrazole rings is 1. The van der Waals surface area contributed by atoms with Gasteiger partial charge in [-0.05, 0) is 48.1 Å². The number of rotatable bonds is 6. The topological polar surface area (TPSA) is 55.6 Å². The Labute approximate surface area is 116 Å². The van der Waals surface area contributed by atoms with Crippen LogP contribution in [0.25, 0.3) is 0 Å². The molecule has 0 aromatic carbocycles. The zero-order valence-corrected chi connectivity index (χ0v) is 12.5. The van der Waals surface area contributed by atoms with Gasteiger partial charge in [-0.25, -0.2) is 4.68 Å². The maximum absolute atomic E-state index is 4.27. The summed E-state index contributed by atoms with van der Waals surface area (Å²) in [6, 6.07) is 0.488. The molecule has 2 atom stereocenters. The van der Waals surface area contributed by atoms with Crippen molar-refractivity contribution >= 4 is 0 Å². The molecule has 1 aromatic rings. The third-order valence-electron chi connectivity index (χ3n) is 4.22. The lowest BCUT2D eigenvalue weighted by Gasteiger charge is -2.34. The largest absolute Gasteiger partial charge is 0.310 e. The van der Waals surface area contributed by atoms with Crippen LogP contribution in [0.15, 0.2) is 0 Å². The molecule has 1 N–H and O–H groups in total. The first-order valence-electron chi connectivity index (χ1n) is 7.71. The van der Waals surface area contributed by atoms with Gasteiger partial charge in [0.1, 0.15) is 0 Å². The van der Waals surface area contributed by atoms with Crippen molar-refractivity contribution in [3.05, 3.63) is 5.82 Å². The van der Waals surface area contributed by atoms with E-state index in [2.05, 4.69) is 46.3 Å². The molecule has 1 aliphatic carbocycles. The quantitative estimate of drug-likeness (QED) is 0.803. The van der Waals surface area contributed by atoms with E-state index in [0.29, 0.717) is 17.9 Å². The Balaban J connectivity index is 2.08. The molecule has 108 valence electrons. The highest BCUT2D eigenvalue weighted by atomic mass is 15.6. The zero-order valence-electron chi connectivity index (χ0n) is 12.5. The van der Waals surface area contributed by atoms with Gasteiger partial charge in [0, 0.05) is 0 Å². The highest BCUT2D eigenvalue weighted by Crippen LogP contribution is 2.38. The zero-order chi connectivity index (χ0) is 13.7. The van der Waals surface area contributed by atoms with E-state index in [0.717, 1.165) is 25.3 Å². The summed E-state index contributed by atoms with van der Waals surface area (Å²) in [6.07, 6.45) is 6.32. The second-order valence-corrected chi connectivity index (χ2v) is 5.98. The van der Waals surface area contributed by atoms with Gasteiger partial charge in [-0.2, -0.15) is 0 Å². The minimum Gasteiger partial charge on any atom is -0.310 e. The Morgan fingerprint density at radius 2 is 2.11 bits per heavy atom. The Hall–Kier alpha value is -0.970. The Morgan fingerprint density at radius 1 is 1.32 bits per heavy atom. The van der Waals surface area contributed by atoms with Crippen molar-refractivity contribution in [1.29, 1.82) is 0 Å². The molecule has 1 fully saturated rings. The normalized spacial score (nSPS) is 24.0. The maximum Gasteiger partial charge on any atom is 0.165 e. The summed E-state index contributed by atoms with van der Waals surface area (Å²) in [7, 11) is 0. The van der Waals surface area contributed by atoms with E-state index in [1.807, 2.05) is 0 Å². The number of hydrogen-bond donors (Lipinski definition) is 1. The molecule has 19 heavy (non-hydrogen) atoms. The van der Waals surface area contributed by atoms with E-state index in [9.17, 15) is 0 Å². The van der Waals surface area contributed by atoms with Crippen molar-refractivity contribution in [2.45, 2.75) is 65.5 Å². The molecule has 1 aromatic heterocycles. The molecule has 2 rings (SSSR count). The van der Waals surface area contributed by atoms with E-state index in [1.165, 1.54) is 25.7 Å². The van der Waals surface area contributed by atoms with Crippen molar-refractivity contribution in [2.24, 2.45) is 11.8 Å². The molecule has 0 radical (unpaired) electrons. The molecule has 5 heteroatoms. The van der Waals surface area contributed by atoms with Crippen molar-refractivity contribution in [1.82, 2.24) is 25.5 Å². The molecular formula is C14H27N5. The number of hydrogen-bond acceptors (Lipinski definition) is 4. The molecular weight excluding hydrogens is 238 g/mol. The average Bonchev–Trinajstić information content (AvgIpc) is 2.87. The molecule has 0 aliphatic heterocycles. The maximum atomic E-state index is 4.27. The van der Waals surface area contributed by atoms with Gasteiger partial charge in [0.25, 0.3) is 0 Å². The molecule has 0 spiro atoms. The van der Waals surface area contributed by atoms with E-state index in [1.54, 1.807) is 0 Å². The van der Waals surface area contributed by atoms with Crippen LogP contribution in [0.5, 0.6) is 0 Å². The van der Waals surface area contributed by atoms with Crippen molar-refractivity contribution in [2.75, 3.05) is 6.54 Å². The van der Waals surface area contributed by atoms with E-state index < -0.39 is 0 Å². The SMILES string of the molecule is CCCNCc1nnnn1C1CCCCC1C(C)C. The molecule has 0 bridgehead atoms. The number of nitrogens with one attached hydrogen (secondary N) is 1. The minimum atomic E-state index is 0.488. The van der Waals surface area contributed by atoms with Gasteiger partial charge in [0.15, 0.2) is 5.82 Å². The van der Waals surface area contributed by atoms with Crippen LogP contribution in [0.1, 0.15) is 64.7 Å². The summed E-state index contributed by atoms with van der Waals surface area (Å²) in [4.78, 5) is 0. The van der Waals surface area contributed by atoms with E-state index >= 15 is 0 Å². The average molecular weight is 265 g/mol. The number of nitrogens with zero attached hydrogens (tertiary/aromatic N) is 4. The second-order valence-electron chi connectivity index (χ2n) is 5.98. The third kappa shape index (κ3) is 3.53. The van der Waals surface area contributed by atoms with Crippen molar-refractivity contribution < 1.29 is 0 Å². The summed E-state index contributed by atoms with van der Waals surface area (Å²) in [6.45, 7) is 8.61. The Kier molecular flexibility index (Phi) is 5.31. The van der Waals surface area contributed by atoms with E-state index in [4.69, 9.17) is 0 Å². The lowest BCUT2D eigenvalue weighted by Crippen LogP contribution is -2.30. The molecule has 1 aliphatic rings. The van der Waals surface area contributed by atoms with E-state index in [-0.39, 0.29) is 0 Å². The van der Waals surface area contributed by atoms with Crippen LogP contribution in [-0.4, -0.2) is 26.8 Å². The van der Waals surface area contributed by atoms with Gasteiger partial charge in [0.2, 0.25) is 0 Å². The van der Waals surface area contributed by atoms with Crippen LogP contribution in [-0.2, 0) is 6.54 Å². The second kappa shape index (κ2) is 6.98. The summed E-state index contributed by atoms with van der Waals surface area (Å²) >= 11 is 0. The monoisotopic (exact) mass is 265 g/mol. The molecule has 1 heterocycles. The van der Waals surface area contributed by atoms with Crippen LogP contribution in [0, 0.1) is 11.8 Å². The predicted octanol–water partition coefficient (Wildman–Crippen LogP) is 2.56. The van der Waals surface area contributed by atoms with Gasteiger partial charge in [0.05, 0.1) is 12.6 Å². The molecule has 2 unspecified atom stereocenters. The first-order valence-corrected chi connectivity index (χ1v) is 7.71. The Bertz CT molecular complexity index is 374. The van der Waals surface area contributed by atoms with Gasteiger partial charge in [-0.1, -0.05) is 33.6 Å². The van der Waals surface area contributed by atoms with Gasteiger partial charge in [-0.3, -0.25) is 0 Å². The van der Waals surface area contributed by atoms with Crippen LogP contribution < -0.4 is 5.32 Å². The van der Waals surface area contributed by atoms with Gasteiger partial charge in [-0.15, -0.1) is 5.10 Å². The van der Waals surface area contributed by atoms with Gasteiger partial charge < -0.3 is 5.32 Å². The van der Waals surface area contributed by atoms with Crippen LogP contribution >= 0.6 is 0 Å². The van der Waals surface area contributed by atoms with Gasteiger partial charge >= 0.3 is 0 Å². The molecule has 5 nitrogen and oxygen atoms in total. The minimum absolute atomic E-state index is 0.488. The first kappa shape index (κ1) is 14.4. The van der Waals surface area contributed by atoms with Crippen molar-refractivity contribution in [3.8, 4) is 0 Å². The summed E-state index contributed by atoms with van der Waals surface area (Å²) in [5.41, 5.74) is 0. The summed E-state index contributed by atoms with van der Waals surface area (Å²) in [5.74, 6) is 2.40. The fourth-order valence-corrected chi connectivity index (χ4v) is 3.18. The fourth-order valence-electron chi connectivity index (χ4n) is 3.18. The summed E-state index contributed by atoms with van der Waals surface area (Å²) < 4.78 is 2.09. The van der Waals surface area contributed by atoms with Crippen molar-refractivity contribution in [3.63, 3.8) is 0 Å². The molecule has 0 saturated heterocycles. The highest BCUT2D eigenvalue weighted by molar-refractivity contribution is 4.89. The van der Waals surface area contributed by atoms with Crippen LogP contribution in [0.2, 0.25) is 0 Å². The Morgan fingerprint density at radius 3 is 2.84 bits per heavy atom. The summed E-state index contributed by atoms with van der Waals surface area (Å²) in [5, 5.41) is 15.8.